The molecule has 5 unspecified atom stereocenters. The molecule has 1 rings (SSSR count). The normalized spacial score (nSPS) is 41.1. The van der Waals surface area contributed by atoms with Crippen LogP contribution in [-0.2, 0) is 9.47 Å². The second-order valence-corrected chi connectivity index (χ2v) is 3.21. The second kappa shape index (κ2) is 5.42. The van der Waals surface area contributed by atoms with E-state index in [0.717, 1.165) is 0 Å². The third-order valence-corrected chi connectivity index (χ3v) is 2.18. The molecule has 0 radical (unpaired) electrons. The van der Waals surface area contributed by atoms with Gasteiger partial charge in [-0.3, -0.25) is 0 Å². The molecule has 0 bridgehead atoms. The lowest BCUT2D eigenvalue weighted by Crippen LogP contribution is -2.59. The number of ether oxygens (including phenoxy) is 2. The molecule has 0 saturated carbocycles. The van der Waals surface area contributed by atoms with Gasteiger partial charge in [0.05, 0.1) is 6.61 Å². The van der Waals surface area contributed by atoms with Crippen molar-refractivity contribution in [3.05, 3.63) is 0 Å². The van der Waals surface area contributed by atoms with Crippen LogP contribution in [0.15, 0.2) is 0 Å². The van der Waals surface area contributed by atoms with Gasteiger partial charge in [-0.1, -0.05) is 5.92 Å². The van der Waals surface area contributed by atoms with Crippen LogP contribution in [-0.4, -0.2) is 64.3 Å². The Labute approximate surface area is 87.1 Å². The number of terminal acetylenes is 1. The monoisotopic (exact) mass is 218 g/mol. The van der Waals surface area contributed by atoms with E-state index in [9.17, 15) is 15.3 Å². The fraction of sp³-hybridized carbons (Fsp3) is 0.778. The first kappa shape index (κ1) is 12.4. The summed E-state index contributed by atoms with van der Waals surface area (Å²) in [5.41, 5.74) is 0. The van der Waals surface area contributed by atoms with Crippen molar-refractivity contribution in [3.63, 3.8) is 0 Å². The Kier molecular flexibility index (Phi) is 4.47. The SMILES string of the molecule is C#CCOC1OC(CO)C(O)C(O)C1O. The summed E-state index contributed by atoms with van der Waals surface area (Å²) in [7, 11) is 0. The summed E-state index contributed by atoms with van der Waals surface area (Å²) in [6, 6.07) is 0. The summed E-state index contributed by atoms with van der Waals surface area (Å²) in [5, 5.41) is 37.0. The molecule has 0 aromatic rings. The van der Waals surface area contributed by atoms with Crippen LogP contribution in [0.25, 0.3) is 0 Å². The number of aliphatic hydroxyl groups is 4. The fourth-order valence-corrected chi connectivity index (χ4v) is 1.34. The summed E-state index contributed by atoms with van der Waals surface area (Å²) >= 11 is 0. The highest BCUT2D eigenvalue weighted by molar-refractivity contribution is 4.90. The molecule has 0 amide bonds. The summed E-state index contributed by atoms with van der Waals surface area (Å²) in [6.45, 7) is -0.580. The van der Waals surface area contributed by atoms with E-state index in [1.807, 2.05) is 0 Å². The molecule has 6 heteroatoms. The molecule has 1 aliphatic heterocycles. The van der Waals surface area contributed by atoms with Crippen LogP contribution in [0.5, 0.6) is 0 Å². The lowest BCUT2D eigenvalue weighted by molar-refractivity contribution is -0.298. The van der Waals surface area contributed by atoms with Crippen LogP contribution < -0.4 is 0 Å². The Morgan fingerprint density at radius 2 is 1.87 bits per heavy atom. The Balaban J connectivity index is 2.62. The van der Waals surface area contributed by atoms with E-state index in [1.165, 1.54) is 0 Å². The van der Waals surface area contributed by atoms with Gasteiger partial charge in [0, 0.05) is 0 Å². The van der Waals surface area contributed by atoms with E-state index in [4.69, 9.17) is 21.0 Å². The molecule has 86 valence electrons. The first-order chi connectivity index (χ1) is 7.11. The second-order valence-electron chi connectivity index (χ2n) is 3.21. The predicted molar refractivity (Wildman–Crippen MR) is 48.6 cm³/mol. The Morgan fingerprint density at radius 1 is 1.20 bits per heavy atom. The Bertz CT molecular complexity index is 235. The quantitative estimate of drug-likeness (QED) is 0.389. The third kappa shape index (κ3) is 2.66. The molecule has 0 aromatic heterocycles. The molecule has 1 saturated heterocycles. The van der Waals surface area contributed by atoms with Gasteiger partial charge in [-0.15, -0.1) is 6.42 Å². The van der Waals surface area contributed by atoms with Crippen LogP contribution in [0, 0.1) is 12.3 Å². The van der Waals surface area contributed by atoms with Crippen molar-refractivity contribution in [2.45, 2.75) is 30.7 Å². The zero-order valence-electron chi connectivity index (χ0n) is 7.98. The molecular formula is C9H14O6. The largest absolute Gasteiger partial charge is 0.394 e. The summed E-state index contributed by atoms with van der Waals surface area (Å²) in [5.74, 6) is 2.17. The van der Waals surface area contributed by atoms with Crippen LogP contribution in [0.1, 0.15) is 0 Å². The van der Waals surface area contributed by atoms with E-state index in [0.29, 0.717) is 0 Å². The van der Waals surface area contributed by atoms with Gasteiger partial charge in [-0.05, 0) is 0 Å². The summed E-state index contributed by atoms with van der Waals surface area (Å²) in [6.07, 6.45) is -1.36. The number of rotatable bonds is 3. The molecule has 4 N–H and O–H groups in total. The van der Waals surface area contributed by atoms with E-state index in [-0.39, 0.29) is 6.61 Å². The maximum Gasteiger partial charge on any atom is 0.187 e. The zero-order valence-corrected chi connectivity index (χ0v) is 7.98. The smallest absolute Gasteiger partial charge is 0.187 e. The standard InChI is InChI=1S/C9H14O6/c1-2-3-14-9-8(13)7(12)6(11)5(4-10)15-9/h1,5-13H,3-4H2. The molecule has 1 heterocycles. The molecule has 0 aromatic carbocycles. The number of hydrogen-bond acceptors (Lipinski definition) is 6. The molecular weight excluding hydrogens is 204 g/mol. The fourth-order valence-electron chi connectivity index (χ4n) is 1.34. The molecule has 0 spiro atoms. The van der Waals surface area contributed by atoms with Crippen LogP contribution in [0.4, 0.5) is 0 Å². The maximum absolute atomic E-state index is 9.44. The van der Waals surface area contributed by atoms with Crippen LogP contribution in [0.3, 0.4) is 0 Å². The lowest BCUT2D eigenvalue weighted by Gasteiger charge is -2.39. The van der Waals surface area contributed by atoms with Gasteiger partial charge in [0.15, 0.2) is 6.29 Å². The molecule has 5 atom stereocenters. The van der Waals surface area contributed by atoms with Crippen molar-refractivity contribution in [1.29, 1.82) is 0 Å². The molecule has 0 aliphatic carbocycles. The zero-order chi connectivity index (χ0) is 11.4. The molecule has 1 fully saturated rings. The van der Waals surface area contributed by atoms with Crippen molar-refractivity contribution < 1.29 is 29.9 Å². The van der Waals surface area contributed by atoms with Crippen LogP contribution in [0.2, 0.25) is 0 Å². The highest BCUT2D eigenvalue weighted by Crippen LogP contribution is 2.21. The minimum Gasteiger partial charge on any atom is -0.394 e. The Hall–Kier alpha value is -0.680. The van der Waals surface area contributed by atoms with Crippen molar-refractivity contribution in [2.75, 3.05) is 13.2 Å². The van der Waals surface area contributed by atoms with Crippen molar-refractivity contribution in [3.8, 4) is 12.3 Å². The summed E-state index contributed by atoms with van der Waals surface area (Å²) in [4.78, 5) is 0. The highest BCUT2D eigenvalue weighted by Gasteiger charge is 2.43. The van der Waals surface area contributed by atoms with E-state index in [1.54, 1.807) is 0 Å². The van der Waals surface area contributed by atoms with Crippen molar-refractivity contribution in [2.24, 2.45) is 0 Å². The van der Waals surface area contributed by atoms with Gasteiger partial charge >= 0.3 is 0 Å². The van der Waals surface area contributed by atoms with E-state index in [2.05, 4.69) is 5.92 Å². The summed E-state index contributed by atoms with van der Waals surface area (Å²) < 4.78 is 9.91. The maximum atomic E-state index is 9.44. The van der Waals surface area contributed by atoms with Gasteiger partial charge in [-0.2, -0.15) is 0 Å². The molecule has 6 nitrogen and oxygen atoms in total. The highest BCUT2D eigenvalue weighted by atomic mass is 16.7. The average Bonchev–Trinajstić information content (AvgIpc) is 2.25. The topological polar surface area (TPSA) is 99.4 Å². The first-order valence-electron chi connectivity index (χ1n) is 4.47. The lowest BCUT2D eigenvalue weighted by atomic mass is 9.99. The number of aliphatic hydroxyl groups excluding tert-OH is 4. The van der Waals surface area contributed by atoms with Crippen LogP contribution >= 0.6 is 0 Å². The molecule has 15 heavy (non-hydrogen) atoms. The first-order valence-corrected chi connectivity index (χ1v) is 4.47. The van der Waals surface area contributed by atoms with Crippen molar-refractivity contribution >= 4 is 0 Å². The van der Waals surface area contributed by atoms with Gasteiger partial charge in [-0.25, -0.2) is 0 Å². The minimum absolute atomic E-state index is 0.0946. The van der Waals surface area contributed by atoms with Crippen molar-refractivity contribution in [1.82, 2.24) is 0 Å². The van der Waals surface area contributed by atoms with Gasteiger partial charge < -0.3 is 29.9 Å². The molecule has 1 aliphatic rings. The number of hydrogen-bond donors (Lipinski definition) is 4. The third-order valence-electron chi connectivity index (χ3n) is 2.18. The predicted octanol–water partition coefficient (Wildman–Crippen LogP) is -2.56. The average molecular weight is 218 g/mol. The minimum atomic E-state index is -1.43. The van der Waals surface area contributed by atoms with E-state index >= 15 is 0 Å². The van der Waals surface area contributed by atoms with E-state index < -0.39 is 37.3 Å². The van der Waals surface area contributed by atoms with Gasteiger partial charge in [0.1, 0.15) is 31.0 Å². The van der Waals surface area contributed by atoms with Gasteiger partial charge in [0.2, 0.25) is 0 Å². The Morgan fingerprint density at radius 3 is 2.40 bits per heavy atom. The van der Waals surface area contributed by atoms with Gasteiger partial charge in [0.25, 0.3) is 0 Å².